The van der Waals surface area contributed by atoms with Crippen molar-refractivity contribution in [2.45, 2.75) is 26.6 Å². The molecule has 0 amide bonds. The van der Waals surface area contributed by atoms with Crippen molar-refractivity contribution in [2.75, 3.05) is 13.2 Å². The third kappa shape index (κ3) is 3.76. The molecule has 21 heavy (non-hydrogen) atoms. The number of rotatable bonds is 6. The molecule has 0 aliphatic carbocycles. The molecule has 0 spiro atoms. The van der Waals surface area contributed by atoms with Crippen molar-refractivity contribution in [3.8, 4) is 11.5 Å². The van der Waals surface area contributed by atoms with Crippen LogP contribution in [0.1, 0.15) is 16.7 Å². The average Bonchev–Trinajstić information content (AvgIpc) is 3.29. The zero-order chi connectivity index (χ0) is 14.7. The van der Waals surface area contributed by atoms with E-state index in [2.05, 4.69) is 12.1 Å². The van der Waals surface area contributed by atoms with Crippen molar-refractivity contribution >= 4 is 0 Å². The fourth-order valence-corrected chi connectivity index (χ4v) is 2.30. The van der Waals surface area contributed by atoms with Crippen LogP contribution in [0.3, 0.4) is 0 Å². The minimum absolute atomic E-state index is 0.277. The van der Waals surface area contributed by atoms with Crippen LogP contribution >= 0.6 is 0 Å². The summed E-state index contributed by atoms with van der Waals surface area (Å²) in [5.41, 5.74) is 3.36. The zero-order valence-electron chi connectivity index (χ0n) is 12.5. The third-order valence-corrected chi connectivity index (χ3v) is 3.50. The third-order valence-electron chi connectivity index (χ3n) is 3.50. The van der Waals surface area contributed by atoms with Gasteiger partial charge in [0, 0.05) is 0 Å². The Kier molecular flexibility index (Phi) is 4.11. The Morgan fingerprint density at radius 2 is 1.71 bits per heavy atom. The largest absolute Gasteiger partial charge is 0.491 e. The molecule has 3 rings (SSSR count). The van der Waals surface area contributed by atoms with Crippen molar-refractivity contribution in [3.63, 3.8) is 0 Å². The molecule has 1 fully saturated rings. The lowest BCUT2D eigenvalue weighted by Gasteiger charge is -2.14. The Hall–Kier alpha value is -2.00. The van der Waals surface area contributed by atoms with Crippen LogP contribution < -0.4 is 9.47 Å². The predicted molar refractivity (Wildman–Crippen MR) is 81.9 cm³/mol. The fraction of sp³-hybridized carbons (Fsp3) is 0.333. The lowest BCUT2D eigenvalue weighted by atomic mass is 10.1. The Morgan fingerprint density at radius 3 is 2.33 bits per heavy atom. The molecule has 0 radical (unpaired) electrons. The standard InChI is InChI=1S/C18H20O3/c1-13-8-16(19-11-17-12-20-17)9-14(2)18(13)21-10-15-6-4-3-5-7-15/h3-9,17H,10-12H2,1-2H3. The van der Waals surface area contributed by atoms with E-state index in [1.165, 1.54) is 5.56 Å². The normalized spacial score (nSPS) is 16.6. The second-order valence-corrected chi connectivity index (χ2v) is 5.43. The van der Waals surface area contributed by atoms with E-state index in [-0.39, 0.29) is 6.10 Å². The second kappa shape index (κ2) is 6.19. The van der Waals surface area contributed by atoms with Gasteiger partial charge in [0.05, 0.1) is 6.61 Å². The van der Waals surface area contributed by atoms with E-state index in [1.807, 2.05) is 44.2 Å². The molecule has 2 aromatic rings. The van der Waals surface area contributed by atoms with E-state index in [4.69, 9.17) is 14.2 Å². The van der Waals surface area contributed by atoms with Gasteiger partial charge >= 0.3 is 0 Å². The lowest BCUT2D eigenvalue weighted by molar-refractivity contribution is 0.261. The molecule has 0 saturated carbocycles. The maximum absolute atomic E-state index is 5.97. The second-order valence-electron chi connectivity index (χ2n) is 5.43. The summed E-state index contributed by atoms with van der Waals surface area (Å²) in [4.78, 5) is 0. The first-order valence-electron chi connectivity index (χ1n) is 7.25. The summed E-state index contributed by atoms with van der Waals surface area (Å²) in [5.74, 6) is 1.82. The van der Waals surface area contributed by atoms with Gasteiger partial charge in [-0.1, -0.05) is 30.3 Å². The van der Waals surface area contributed by atoms with Crippen molar-refractivity contribution in [1.82, 2.24) is 0 Å². The average molecular weight is 284 g/mol. The maximum Gasteiger partial charge on any atom is 0.125 e. The zero-order valence-corrected chi connectivity index (χ0v) is 12.5. The van der Waals surface area contributed by atoms with E-state index in [0.29, 0.717) is 13.2 Å². The van der Waals surface area contributed by atoms with E-state index in [9.17, 15) is 0 Å². The van der Waals surface area contributed by atoms with Gasteiger partial charge in [-0.15, -0.1) is 0 Å². The molecule has 0 bridgehead atoms. The van der Waals surface area contributed by atoms with E-state index in [1.54, 1.807) is 0 Å². The van der Waals surface area contributed by atoms with E-state index in [0.717, 1.165) is 29.2 Å². The molecule has 3 heteroatoms. The molecule has 110 valence electrons. The number of epoxide rings is 1. The van der Waals surface area contributed by atoms with Gasteiger partial charge in [-0.3, -0.25) is 0 Å². The highest BCUT2D eigenvalue weighted by atomic mass is 16.6. The Labute approximate surface area is 125 Å². The minimum Gasteiger partial charge on any atom is -0.491 e. The van der Waals surface area contributed by atoms with Crippen molar-refractivity contribution in [2.24, 2.45) is 0 Å². The van der Waals surface area contributed by atoms with Crippen LogP contribution in [0, 0.1) is 13.8 Å². The van der Waals surface area contributed by atoms with Gasteiger partial charge in [0.2, 0.25) is 0 Å². The summed E-state index contributed by atoms with van der Waals surface area (Å²) in [6.07, 6.45) is 0.277. The summed E-state index contributed by atoms with van der Waals surface area (Å²) in [7, 11) is 0. The van der Waals surface area contributed by atoms with Crippen molar-refractivity contribution in [3.05, 3.63) is 59.2 Å². The molecule has 1 atom stereocenters. The first kappa shape index (κ1) is 14.0. The first-order chi connectivity index (χ1) is 10.2. The summed E-state index contributed by atoms with van der Waals surface area (Å²) in [5, 5.41) is 0. The lowest BCUT2D eigenvalue weighted by Crippen LogP contribution is -2.05. The molecule has 0 N–H and O–H groups in total. The molecule has 1 aliphatic rings. The molecule has 1 aliphatic heterocycles. The number of hydrogen-bond donors (Lipinski definition) is 0. The molecular weight excluding hydrogens is 264 g/mol. The Bertz CT molecular complexity index is 580. The highest BCUT2D eigenvalue weighted by Gasteiger charge is 2.23. The van der Waals surface area contributed by atoms with Gasteiger partial charge < -0.3 is 14.2 Å². The molecule has 0 aromatic heterocycles. The summed E-state index contributed by atoms with van der Waals surface area (Å²) in [6, 6.07) is 14.2. The number of ether oxygens (including phenoxy) is 3. The number of hydrogen-bond acceptors (Lipinski definition) is 3. The Balaban J connectivity index is 1.66. The number of benzene rings is 2. The molecule has 2 aromatic carbocycles. The fourth-order valence-electron chi connectivity index (χ4n) is 2.30. The molecule has 1 saturated heterocycles. The maximum atomic E-state index is 5.97. The first-order valence-corrected chi connectivity index (χ1v) is 7.25. The van der Waals surface area contributed by atoms with Crippen LogP contribution in [0.15, 0.2) is 42.5 Å². The van der Waals surface area contributed by atoms with Crippen LogP contribution in [0.2, 0.25) is 0 Å². The predicted octanol–water partition coefficient (Wildman–Crippen LogP) is 3.66. The highest BCUT2D eigenvalue weighted by molar-refractivity contribution is 5.46. The van der Waals surface area contributed by atoms with Crippen molar-refractivity contribution in [1.29, 1.82) is 0 Å². The van der Waals surface area contributed by atoms with Crippen LogP contribution in [-0.4, -0.2) is 19.3 Å². The van der Waals surface area contributed by atoms with Crippen LogP contribution in [0.5, 0.6) is 11.5 Å². The molecule has 1 heterocycles. The molecule has 3 nitrogen and oxygen atoms in total. The quantitative estimate of drug-likeness (QED) is 0.758. The van der Waals surface area contributed by atoms with Crippen molar-refractivity contribution < 1.29 is 14.2 Å². The monoisotopic (exact) mass is 284 g/mol. The topological polar surface area (TPSA) is 31.0 Å². The van der Waals surface area contributed by atoms with Gasteiger partial charge in [-0.2, -0.15) is 0 Å². The van der Waals surface area contributed by atoms with Gasteiger partial charge in [0.1, 0.15) is 30.8 Å². The SMILES string of the molecule is Cc1cc(OCC2CO2)cc(C)c1OCc1ccccc1. The van der Waals surface area contributed by atoms with E-state index < -0.39 is 0 Å². The Morgan fingerprint density at radius 1 is 1.05 bits per heavy atom. The van der Waals surface area contributed by atoms with Crippen LogP contribution in [0.4, 0.5) is 0 Å². The smallest absolute Gasteiger partial charge is 0.125 e. The van der Waals surface area contributed by atoms with E-state index >= 15 is 0 Å². The van der Waals surface area contributed by atoms with Gasteiger partial charge in [0.15, 0.2) is 0 Å². The molecule has 1 unspecified atom stereocenters. The number of aryl methyl sites for hydroxylation is 2. The summed E-state index contributed by atoms with van der Waals surface area (Å²) >= 11 is 0. The van der Waals surface area contributed by atoms with Gasteiger partial charge in [-0.25, -0.2) is 0 Å². The minimum atomic E-state index is 0.277. The summed E-state index contributed by atoms with van der Waals surface area (Å²) in [6.45, 7) is 6.12. The van der Waals surface area contributed by atoms with Crippen LogP contribution in [-0.2, 0) is 11.3 Å². The highest BCUT2D eigenvalue weighted by Crippen LogP contribution is 2.29. The summed E-state index contributed by atoms with van der Waals surface area (Å²) < 4.78 is 16.8. The van der Waals surface area contributed by atoms with Gasteiger partial charge in [-0.05, 0) is 42.7 Å². The van der Waals surface area contributed by atoms with Crippen LogP contribution in [0.25, 0.3) is 0 Å². The van der Waals surface area contributed by atoms with Gasteiger partial charge in [0.25, 0.3) is 0 Å². The molecular formula is C18H20O3.